The van der Waals surface area contributed by atoms with Crippen molar-refractivity contribution in [2.24, 2.45) is 0 Å². The minimum absolute atomic E-state index is 0.0892. The SMILES string of the molecule is Cc1ccc(OCCCCOc2ccc(C(=O)NCc3ccccc3)cc2)cc1. The third kappa shape index (κ3) is 7.00. The van der Waals surface area contributed by atoms with Crippen molar-refractivity contribution in [3.05, 3.63) is 95.6 Å². The van der Waals surface area contributed by atoms with Crippen molar-refractivity contribution in [1.29, 1.82) is 0 Å². The van der Waals surface area contributed by atoms with Crippen molar-refractivity contribution in [2.75, 3.05) is 13.2 Å². The highest BCUT2D eigenvalue weighted by atomic mass is 16.5. The highest BCUT2D eigenvalue weighted by Gasteiger charge is 2.05. The quantitative estimate of drug-likeness (QED) is 0.487. The molecule has 0 saturated heterocycles. The third-order valence-electron chi connectivity index (χ3n) is 4.51. The second-order valence-corrected chi connectivity index (χ2v) is 6.91. The molecular formula is C25H27NO3. The Labute approximate surface area is 172 Å². The second kappa shape index (κ2) is 10.9. The molecule has 0 heterocycles. The maximum atomic E-state index is 12.2. The van der Waals surface area contributed by atoms with Gasteiger partial charge in [-0.2, -0.15) is 0 Å². The van der Waals surface area contributed by atoms with E-state index in [9.17, 15) is 4.79 Å². The van der Waals surface area contributed by atoms with Crippen molar-refractivity contribution in [3.8, 4) is 11.5 Å². The van der Waals surface area contributed by atoms with Crippen LogP contribution in [0.25, 0.3) is 0 Å². The van der Waals surface area contributed by atoms with Crippen LogP contribution in [0.1, 0.15) is 34.3 Å². The van der Waals surface area contributed by atoms with E-state index in [-0.39, 0.29) is 5.91 Å². The molecule has 0 fully saturated rings. The van der Waals surface area contributed by atoms with Gasteiger partial charge in [-0.3, -0.25) is 4.79 Å². The summed E-state index contributed by atoms with van der Waals surface area (Å²) in [5, 5.41) is 2.92. The van der Waals surface area contributed by atoms with Crippen molar-refractivity contribution >= 4 is 5.91 Å². The van der Waals surface area contributed by atoms with E-state index in [0.717, 1.165) is 29.9 Å². The first-order chi connectivity index (χ1) is 14.2. The number of hydrogen-bond donors (Lipinski definition) is 1. The molecule has 0 bridgehead atoms. The van der Waals surface area contributed by atoms with Crippen LogP contribution in [-0.4, -0.2) is 19.1 Å². The van der Waals surface area contributed by atoms with Gasteiger partial charge in [0.15, 0.2) is 0 Å². The van der Waals surface area contributed by atoms with Crippen molar-refractivity contribution < 1.29 is 14.3 Å². The first-order valence-electron chi connectivity index (χ1n) is 9.95. The highest BCUT2D eigenvalue weighted by Crippen LogP contribution is 2.14. The number of ether oxygens (including phenoxy) is 2. The molecule has 0 spiro atoms. The van der Waals surface area contributed by atoms with Gasteiger partial charge in [0.2, 0.25) is 0 Å². The van der Waals surface area contributed by atoms with Gasteiger partial charge in [-0.05, 0) is 61.7 Å². The Morgan fingerprint density at radius 1 is 0.759 bits per heavy atom. The van der Waals surface area contributed by atoms with E-state index in [4.69, 9.17) is 9.47 Å². The lowest BCUT2D eigenvalue weighted by molar-refractivity contribution is 0.0951. The zero-order chi connectivity index (χ0) is 20.3. The van der Waals surface area contributed by atoms with Gasteiger partial charge in [0.1, 0.15) is 11.5 Å². The average molecular weight is 389 g/mol. The minimum Gasteiger partial charge on any atom is -0.494 e. The fourth-order valence-electron chi connectivity index (χ4n) is 2.80. The molecule has 0 aliphatic carbocycles. The summed E-state index contributed by atoms with van der Waals surface area (Å²) in [6.45, 7) is 3.87. The van der Waals surface area contributed by atoms with Gasteiger partial charge >= 0.3 is 0 Å². The smallest absolute Gasteiger partial charge is 0.251 e. The fourth-order valence-corrected chi connectivity index (χ4v) is 2.80. The number of amides is 1. The molecule has 0 aromatic heterocycles. The lowest BCUT2D eigenvalue weighted by atomic mass is 10.2. The Morgan fingerprint density at radius 3 is 1.90 bits per heavy atom. The first-order valence-corrected chi connectivity index (χ1v) is 9.95. The second-order valence-electron chi connectivity index (χ2n) is 6.91. The predicted octanol–water partition coefficient (Wildman–Crippen LogP) is 5.16. The Morgan fingerprint density at radius 2 is 1.31 bits per heavy atom. The predicted molar refractivity (Wildman–Crippen MR) is 115 cm³/mol. The van der Waals surface area contributed by atoms with E-state index >= 15 is 0 Å². The molecule has 0 aliphatic rings. The average Bonchev–Trinajstić information content (AvgIpc) is 2.77. The largest absolute Gasteiger partial charge is 0.494 e. The van der Waals surface area contributed by atoms with Crippen LogP contribution in [0.5, 0.6) is 11.5 Å². The van der Waals surface area contributed by atoms with E-state index < -0.39 is 0 Å². The van der Waals surface area contributed by atoms with Crippen LogP contribution < -0.4 is 14.8 Å². The van der Waals surface area contributed by atoms with Gasteiger partial charge < -0.3 is 14.8 Å². The summed E-state index contributed by atoms with van der Waals surface area (Å²) < 4.78 is 11.5. The highest BCUT2D eigenvalue weighted by molar-refractivity contribution is 5.94. The Hall–Kier alpha value is -3.27. The van der Waals surface area contributed by atoms with E-state index in [1.54, 1.807) is 12.1 Å². The van der Waals surface area contributed by atoms with Crippen LogP contribution in [0.3, 0.4) is 0 Å². The molecule has 0 unspecified atom stereocenters. The van der Waals surface area contributed by atoms with Crippen LogP contribution in [0.2, 0.25) is 0 Å². The molecule has 1 N–H and O–H groups in total. The number of nitrogens with one attached hydrogen (secondary N) is 1. The van der Waals surface area contributed by atoms with Gasteiger partial charge in [-0.1, -0.05) is 48.0 Å². The van der Waals surface area contributed by atoms with Gasteiger partial charge in [0.25, 0.3) is 5.91 Å². The zero-order valence-corrected chi connectivity index (χ0v) is 16.8. The summed E-state index contributed by atoms with van der Waals surface area (Å²) in [5.41, 5.74) is 2.93. The molecule has 3 rings (SSSR count). The van der Waals surface area contributed by atoms with Crippen molar-refractivity contribution in [3.63, 3.8) is 0 Å². The maximum Gasteiger partial charge on any atom is 0.251 e. The molecule has 0 aliphatic heterocycles. The number of carbonyl (C=O) groups excluding carboxylic acids is 1. The lowest BCUT2D eigenvalue weighted by Crippen LogP contribution is -2.22. The van der Waals surface area contributed by atoms with Crippen LogP contribution in [0, 0.1) is 6.92 Å². The summed E-state index contributed by atoms with van der Waals surface area (Å²) >= 11 is 0. The Balaban J connectivity index is 1.32. The molecule has 29 heavy (non-hydrogen) atoms. The van der Waals surface area contributed by atoms with E-state index in [2.05, 4.69) is 12.2 Å². The molecule has 0 radical (unpaired) electrons. The van der Waals surface area contributed by atoms with E-state index in [0.29, 0.717) is 25.3 Å². The summed E-state index contributed by atoms with van der Waals surface area (Å²) in [6, 6.07) is 25.2. The first kappa shape index (κ1) is 20.5. The molecule has 4 heteroatoms. The normalized spacial score (nSPS) is 10.4. The van der Waals surface area contributed by atoms with E-state index in [1.165, 1.54) is 5.56 Å². The van der Waals surface area contributed by atoms with Crippen molar-refractivity contribution in [1.82, 2.24) is 5.32 Å². The number of aryl methyl sites for hydroxylation is 1. The Kier molecular flexibility index (Phi) is 7.70. The topological polar surface area (TPSA) is 47.6 Å². The molecular weight excluding hydrogens is 362 g/mol. The van der Waals surface area contributed by atoms with Gasteiger partial charge in [0.05, 0.1) is 13.2 Å². The molecule has 150 valence electrons. The molecule has 3 aromatic rings. The molecule has 0 atom stereocenters. The van der Waals surface area contributed by atoms with Crippen LogP contribution in [0.15, 0.2) is 78.9 Å². The number of hydrogen-bond acceptors (Lipinski definition) is 3. The molecule has 1 amide bonds. The number of unbranched alkanes of at least 4 members (excludes halogenated alkanes) is 1. The maximum absolute atomic E-state index is 12.2. The number of rotatable bonds is 10. The van der Waals surface area contributed by atoms with Crippen LogP contribution in [0.4, 0.5) is 0 Å². The van der Waals surface area contributed by atoms with Crippen molar-refractivity contribution in [2.45, 2.75) is 26.3 Å². The zero-order valence-electron chi connectivity index (χ0n) is 16.8. The molecule has 4 nitrogen and oxygen atoms in total. The fraction of sp³-hybridized carbons (Fsp3) is 0.240. The van der Waals surface area contributed by atoms with Gasteiger partial charge in [0, 0.05) is 12.1 Å². The number of benzene rings is 3. The summed E-state index contributed by atoms with van der Waals surface area (Å²) in [7, 11) is 0. The minimum atomic E-state index is -0.0892. The standard InChI is InChI=1S/C25H27NO3/c1-20-9-13-23(14-10-20)28-17-5-6-18-29-24-15-11-22(12-16-24)25(27)26-19-21-7-3-2-4-8-21/h2-4,7-16H,5-6,17-19H2,1H3,(H,26,27). The summed E-state index contributed by atoms with van der Waals surface area (Å²) in [6.07, 6.45) is 1.83. The van der Waals surface area contributed by atoms with Crippen LogP contribution in [-0.2, 0) is 6.54 Å². The number of carbonyl (C=O) groups is 1. The lowest BCUT2D eigenvalue weighted by Gasteiger charge is -2.09. The van der Waals surface area contributed by atoms with E-state index in [1.807, 2.05) is 66.7 Å². The van der Waals surface area contributed by atoms with Gasteiger partial charge in [-0.15, -0.1) is 0 Å². The Bertz CT molecular complexity index is 874. The molecule has 0 saturated carbocycles. The van der Waals surface area contributed by atoms with Gasteiger partial charge in [-0.25, -0.2) is 0 Å². The summed E-state index contributed by atoms with van der Waals surface area (Å²) in [5.74, 6) is 1.58. The third-order valence-corrected chi connectivity index (χ3v) is 4.51. The van der Waals surface area contributed by atoms with Crippen LogP contribution >= 0.6 is 0 Å². The molecule has 3 aromatic carbocycles. The monoisotopic (exact) mass is 389 g/mol. The summed E-state index contributed by atoms with van der Waals surface area (Å²) in [4.78, 5) is 12.2.